The predicted octanol–water partition coefficient (Wildman–Crippen LogP) is -0.746. The molecule has 0 aromatic carbocycles. The van der Waals surface area contributed by atoms with E-state index in [1.165, 1.54) is 24.2 Å². The summed E-state index contributed by atoms with van der Waals surface area (Å²) in [5.74, 6) is -0.457. The molecule has 3 N–H and O–H groups in total. The largest absolute Gasteiger partial charge is 0.418 e. The van der Waals surface area contributed by atoms with Crippen molar-refractivity contribution < 1.29 is 31.7 Å². The number of nitrogens with zero attached hydrogens (tertiary/aromatic N) is 3. The smallest absolute Gasteiger partial charge is 0.310 e. The maximum atomic E-state index is 12.5. The maximum absolute atomic E-state index is 12.5. The van der Waals surface area contributed by atoms with Crippen LogP contribution in [0.15, 0.2) is 0 Å². The van der Waals surface area contributed by atoms with E-state index in [0.717, 1.165) is 26.1 Å². The maximum Gasteiger partial charge on any atom is 0.418 e. The first-order valence-corrected chi connectivity index (χ1v) is 11.8. The minimum absolute atomic E-state index is 0.147. The number of likely N-dealkylation sites (tertiary alicyclic amines) is 1. The van der Waals surface area contributed by atoms with Crippen molar-refractivity contribution in [3.8, 4) is 0 Å². The Morgan fingerprint density at radius 1 is 1.20 bits per heavy atom. The van der Waals surface area contributed by atoms with E-state index in [9.17, 15) is 18.0 Å². The summed E-state index contributed by atoms with van der Waals surface area (Å²) in [4.78, 5) is 34.1. The van der Waals surface area contributed by atoms with Crippen molar-refractivity contribution in [2.75, 3.05) is 32.8 Å². The highest BCUT2D eigenvalue weighted by Crippen LogP contribution is 2.30. The van der Waals surface area contributed by atoms with Gasteiger partial charge in [-0.05, 0) is 45.2 Å². The third-order valence-corrected chi connectivity index (χ3v) is 6.71. The van der Waals surface area contributed by atoms with Crippen LogP contribution < -0.4 is 10.8 Å². The molecule has 0 radical (unpaired) electrons. The van der Waals surface area contributed by atoms with Gasteiger partial charge in [-0.25, -0.2) is 10.3 Å². The molecule has 0 aromatic rings. The van der Waals surface area contributed by atoms with E-state index < -0.39 is 34.4 Å². The Kier molecular flexibility index (Phi) is 6.46. The van der Waals surface area contributed by atoms with Crippen molar-refractivity contribution in [2.45, 2.75) is 62.7 Å². The molecule has 0 spiro atoms. The Hall–Kier alpha value is -1.51. The fraction of sp³-hybridized carbons (Fsp3) is 0.882. The standard InChI is InChI=1S/C17H29N5O7S/c23-16(15-5-4-13-10-21(15)17(24)22(13)29-30(25,26)27)19-28-11-12-8-14(9-18-12)20-6-2-1-3-7-20/h12-15,18H,1-11H2,(H,19,23)(H,25,26,27)/t12-,13-,14-,15+/m1/s1. The summed E-state index contributed by atoms with van der Waals surface area (Å²) < 4.78 is 35.1. The van der Waals surface area contributed by atoms with Crippen LogP contribution in [0.4, 0.5) is 4.79 Å². The zero-order valence-electron chi connectivity index (χ0n) is 16.7. The molecule has 0 aromatic heterocycles. The molecule has 13 heteroatoms. The van der Waals surface area contributed by atoms with Gasteiger partial charge in [0.15, 0.2) is 0 Å². The molecular weight excluding hydrogens is 418 g/mol. The zero-order chi connectivity index (χ0) is 21.3. The molecule has 4 saturated heterocycles. The molecule has 0 unspecified atom stereocenters. The van der Waals surface area contributed by atoms with Crippen LogP contribution in [0.1, 0.15) is 38.5 Å². The van der Waals surface area contributed by atoms with Crippen molar-refractivity contribution in [3.63, 3.8) is 0 Å². The van der Waals surface area contributed by atoms with E-state index in [4.69, 9.17) is 9.39 Å². The molecule has 4 atom stereocenters. The van der Waals surface area contributed by atoms with Gasteiger partial charge >= 0.3 is 16.4 Å². The van der Waals surface area contributed by atoms with Gasteiger partial charge in [-0.3, -0.25) is 19.1 Å². The van der Waals surface area contributed by atoms with Crippen LogP contribution in [0.25, 0.3) is 0 Å². The number of carbonyl (C=O) groups is 2. The van der Waals surface area contributed by atoms with E-state index in [2.05, 4.69) is 20.0 Å². The summed E-state index contributed by atoms with van der Waals surface area (Å²) in [5, 5.41) is 4.05. The number of amides is 3. The molecule has 30 heavy (non-hydrogen) atoms. The van der Waals surface area contributed by atoms with E-state index in [0.29, 0.717) is 30.6 Å². The Labute approximate surface area is 175 Å². The van der Waals surface area contributed by atoms with Gasteiger partial charge in [0.25, 0.3) is 5.91 Å². The molecular formula is C17H29N5O7S. The molecule has 12 nitrogen and oxygen atoms in total. The van der Waals surface area contributed by atoms with Crippen LogP contribution in [0, 0.1) is 0 Å². The van der Waals surface area contributed by atoms with Crippen LogP contribution in [0.2, 0.25) is 0 Å². The van der Waals surface area contributed by atoms with Crippen LogP contribution in [-0.4, -0.2) is 96.7 Å². The first kappa shape index (κ1) is 21.7. The molecule has 4 fully saturated rings. The van der Waals surface area contributed by atoms with Crippen molar-refractivity contribution in [3.05, 3.63) is 0 Å². The monoisotopic (exact) mass is 447 g/mol. The average Bonchev–Trinajstić information content (AvgIpc) is 3.27. The zero-order valence-corrected chi connectivity index (χ0v) is 17.6. The highest BCUT2D eigenvalue weighted by Gasteiger charge is 2.49. The molecule has 4 aliphatic rings. The average molecular weight is 448 g/mol. The van der Waals surface area contributed by atoms with E-state index in [1.54, 1.807) is 0 Å². The normalized spacial score (nSPS) is 32.6. The van der Waals surface area contributed by atoms with E-state index in [1.807, 2.05) is 0 Å². The lowest BCUT2D eigenvalue weighted by atomic mass is 10.0. The summed E-state index contributed by atoms with van der Waals surface area (Å²) in [6.45, 7) is 3.67. The highest BCUT2D eigenvalue weighted by molar-refractivity contribution is 7.80. The minimum atomic E-state index is -4.81. The molecule has 170 valence electrons. The number of carbonyl (C=O) groups excluding carboxylic acids is 2. The second-order valence-corrected chi connectivity index (χ2v) is 9.38. The van der Waals surface area contributed by atoms with Crippen LogP contribution in [-0.2, 0) is 24.3 Å². The van der Waals surface area contributed by atoms with Gasteiger partial charge in [0.05, 0.1) is 12.6 Å². The lowest BCUT2D eigenvalue weighted by Gasteiger charge is -2.31. The highest BCUT2D eigenvalue weighted by atomic mass is 32.3. The number of fused-ring (bicyclic) bond motifs is 2. The lowest BCUT2D eigenvalue weighted by Crippen LogP contribution is -2.50. The second-order valence-electron chi connectivity index (χ2n) is 8.38. The van der Waals surface area contributed by atoms with E-state index >= 15 is 0 Å². The summed E-state index contributed by atoms with van der Waals surface area (Å²) in [5.41, 5.74) is 2.43. The number of rotatable bonds is 7. The topological polar surface area (TPSA) is 141 Å². The number of hydrogen-bond acceptors (Lipinski definition) is 8. The number of hydrogen-bond donors (Lipinski definition) is 3. The Morgan fingerprint density at radius 2 is 1.97 bits per heavy atom. The van der Waals surface area contributed by atoms with E-state index in [-0.39, 0.29) is 12.6 Å². The third kappa shape index (κ3) is 4.86. The van der Waals surface area contributed by atoms with Gasteiger partial charge in [0.1, 0.15) is 6.04 Å². The number of piperidine rings is 2. The van der Waals surface area contributed by atoms with Crippen LogP contribution >= 0.6 is 0 Å². The predicted molar refractivity (Wildman–Crippen MR) is 103 cm³/mol. The van der Waals surface area contributed by atoms with Gasteiger partial charge in [-0.15, -0.1) is 4.28 Å². The molecule has 3 amide bonds. The van der Waals surface area contributed by atoms with Crippen LogP contribution in [0.5, 0.6) is 0 Å². The molecule has 4 heterocycles. The summed E-state index contributed by atoms with van der Waals surface area (Å²) in [6.07, 6.45) is 5.48. The molecule has 4 rings (SSSR count). The van der Waals surface area contributed by atoms with Gasteiger partial charge in [0.2, 0.25) is 0 Å². The third-order valence-electron chi connectivity index (χ3n) is 6.36. The molecule has 0 saturated carbocycles. The SMILES string of the molecule is O=C(NOC[C@H]1C[C@@H](N2CCCCC2)CN1)[C@@H]1CC[C@@H]2CN1C(=O)N2OS(=O)(=O)O. The van der Waals surface area contributed by atoms with Gasteiger partial charge in [-0.1, -0.05) is 6.42 Å². The fourth-order valence-electron chi connectivity index (χ4n) is 4.87. The second kappa shape index (κ2) is 8.93. The van der Waals surface area contributed by atoms with Crippen molar-refractivity contribution in [1.29, 1.82) is 0 Å². The first-order valence-electron chi connectivity index (χ1n) is 10.5. The lowest BCUT2D eigenvalue weighted by molar-refractivity contribution is -0.139. The fourth-order valence-corrected chi connectivity index (χ4v) is 5.26. The van der Waals surface area contributed by atoms with Crippen molar-refractivity contribution in [1.82, 2.24) is 25.7 Å². The summed E-state index contributed by atoms with van der Waals surface area (Å²) in [6, 6.07) is -1.42. The Bertz CT molecular complexity index is 760. The number of urea groups is 1. The van der Waals surface area contributed by atoms with Gasteiger partial charge in [0, 0.05) is 25.2 Å². The minimum Gasteiger partial charge on any atom is -0.310 e. The van der Waals surface area contributed by atoms with Crippen molar-refractivity contribution >= 4 is 22.3 Å². The van der Waals surface area contributed by atoms with Gasteiger partial charge in [-0.2, -0.15) is 13.5 Å². The molecule has 2 bridgehead atoms. The quantitative estimate of drug-likeness (QED) is 0.340. The Balaban J connectivity index is 1.22. The number of nitrogens with one attached hydrogen (secondary N) is 2. The van der Waals surface area contributed by atoms with Gasteiger partial charge < -0.3 is 10.2 Å². The molecule has 4 aliphatic heterocycles. The van der Waals surface area contributed by atoms with Crippen LogP contribution in [0.3, 0.4) is 0 Å². The number of hydroxylamine groups is 3. The van der Waals surface area contributed by atoms with Crippen molar-refractivity contribution in [2.24, 2.45) is 0 Å². The summed E-state index contributed by atoms with van der Waals surface area (Å²) in [7, 11) is -4.81. The molecule has 0 aliphatic carbocycles. The Morgan fingerprint density at radius 3 is 2.70 bits per heavy atom. The summed E-state index contributed by atoms with van der Waals surface area (Å²) >= 11 is 0. The first-order chi connectivity index (χ1) is 14.3.